The predicted molar refractivity (Wildman–Crippen MR) is 86.8 cm³/mol. The fourth-order valence-electron chi connectivity index (χ4n) is 5.74. The van der Waals surface area contributed by atoms with Crippen LogP contribution in [0.3, 0.4) is 0 Å². The van der Waals surface area contributed by atoms with Crippen molar-refractivity contribution in [1.29, 1.82) is 0 Å². The van der Waals surface area contributed by atoms with Crippen LogP contribution in [0.1, 0.15) is 77.6 Å². The van der Waals surface area contributed by atoms with Gasteiger partial charge in [0.15, 0.2) is 0 Å². The van der Waals surface area contributed by atoms with Crippen LogP contribution in [0.2, 0.25) is 0 Å². The van der Waals surface area contributed by atoms with Crippen molar-refractivity contribution in [2.75, 3.05) is 7.05 Å². The normalized spacial score (nSPS) is 43.8. The molecule has 1 heteroatoms. The molecule has 0 aromatic carbocycles. The SMILES string of the molecule is CNC(C1CCC(C)CC1)C1CCC2CCCCC2C1. The molecule has 0 amide bonds. The lowest BCUT2D eigenvalue weighted by Crippen LogP contribution is -2.45. The molecule has 1 N–H and O–H groups in total. The van der Waals surface area contributed by atoms with E-state index in [1.807, 2.05) is 0 Å². The maximum atomic E-state index is 3.75. The number of fused-ring (bicyclic) bond motifs is 1. The standard InChI is InChI=1S/C19H35N/c1-14-7-9-16(10-8-14)19(20-2)18-12-11-15-5-3-4-6-17(15)13-18/h14-20H,3-13H2,1-2H3. The van der Waals surface area contributed by atoms with Gasteiger partial charge in [-0.2, -0.15) is 0 Å². The van der Waals surface area contributed by atoms with Gasteiger partial charge in [0.1, 0.15) is 0 Å². The zero-order valence-corrected chi connectivity index (χ0v) is 13.7. The fraction of sp³-hybridized carbons (Fsp3) is 1.00. The molecule has 1 nitrogen and oxygen atoms in total. The van der Waals surface area contributed by atoms with E-state index in [0.29, 0.717) is 0 Å². The molecule has 0 saturated heterocycles. The van der Waals surface area contributed by atoms with E-state index in [4.69, 9.17) is 0 Å². The summed E-state index contributed by atoms with van der Waals surface area (Å²) in [4.78, 5) is 0. The van der Waals surface area contributed by atoms with Gasteiger partial charge >= 0.3 is 0 Å². The van der Waals surface area contributed by atoms with E-state index in [1.54, 1.807) is 19.3 Å². The Morgan fingerprint density at radius 1 is 0.750 bits per heavy atom. The summed E-state index contributed by atoms with van der Waals surface area (Å²) in [7, 11) is 2.23. The maximum absolute atomic E-state index is 3.75. The highest BCUT2D eigenvalue weighted by molar-refractivity contribution is 4.91. The van der Waals surface area contributed by atoms with Crippen molar-refractivity contribution in [2.24, 2.45) is 29.6 Å². The van der Waals surface area contributed by atoms with Crippen molar-refractivity contribution in [1.82, 2.24) is 5.32 Å². The van der Waals surface area contributed by atoms with Gasteiger partial charge in [0, 0.05) is 6.04 Å². The summed E-state index contributed by atoms with van der Waals surface area (Å²) in [5.41, 5.74) is 0. The highest BCUT2D eigenvalue weighted by Crippen LogP contribution is 2.45. The lowest BCUT2D eigenvalue weighted by atomic mass is 9.63. The third-order valence-electron chi connectivity index (χ3n) is 6.99. The average Bonchev–Trinajstić information content (AvgIpc) is 2.50. The van der Waals surface area contributed by atoms with Crippen molar-refractivity contribution >= 4 is 0 Å². The van der Waals surface area contributed by atoms with Crippen LogP contribution in [0.25, 0.3) is 0 Å². The van der Waals surface area contributed by atoms with Crippen molar-refractivity contribution in [3.63, 3.8) is 0 Å². The van der Waals surface area contributed by atoms with Crippen LogP contribution in [0.15, 0.2) is 0 Å². The van der Waals surface area contributed by atoms with Crippen molar-refractivity contribution in [3.8, 4) is 0 Å². The van der Waals surface area contributed by atoms with E-state index in [9.17, 15) is 0 Å². The van der Waals surface area contributed by atoms with Gasteiger partial charge in [-0.25, -0.2) is 0 Å². The zero-order chi connectivity index (χ0) is 13.9. The van der Waals surface area contributed by atoms with Gasteiger partial charge in [-0.15, -0.1) is 0 Å². The van der Waals surface area contributed by atoms with Crippen LogP contribution in [-0.2, 0) is 0 Å². The molecular formula is C19H35N. The van der Waals surface area contributed by atoms with Gasteiger partial charge < -0.3 is 5.32 Å². The minimum Gasteiger partial charge on any atom is -0.316 e. The summed E-state index contributed by atoms with van der Waals surface area (Å²) in [5.74, 6) is 5.13. The second-order valence-corrected chi connectivity index (χ2v) is 8.21. The molecule has 3 fully saturated rings. The van der Waals surface area contributed by atoms with E-state index in [0.717, 1.165) is 35.6 Å². The molecule has 0 radical (unpaired) electrons. The first-order chi connectivity index (χ1) is 9.78. The molecule has 0 aliphatic heterocycles. The van der Waals surface area contributed by atoms with E-state index < -0.39 is 0 Å². The number of hydrogen-bond donors (Lipinski definition) is 1. The van der Waals surface area contributed by atoms with Crippen LogP contribution in [0.4, 0.5) is 0 Å². The Hall–Kier alpha value is -0.0400. The number of hydrogen-bond acceptors (Lipinski definition) is 1. The summed E-state index contributed by atoms with van der Waals surface area (Å²) in [6.07, 6.45) is 16.6. The fourth-order valence-corrected chi connectivity index (χ4v) is 5.74. The largest absolute Gasteiger partial charge is 0.316 e. The molecule has 0 aromatic rings. The molecule has 3 rings (SSSR count). The summed E-state index contributed by atoms with van der Waals surface area (Å²) in [5, 5.41) is 3.75. The highest BCUT2D eigenvalue weighted by Gasteiger charge is 2.38. The lowest BCUT2D eigenvalue weighted by Gasteiger charge is -2.45. The molecule has 0 heterocycles. The molecule has 4 atom stereocenters. The Morgan fingerprint density at radius 2 is 1.40 bits per heavy atom. The summed E-state index contributed by atoms with van der Waals surface area (Å²) in [6, 6.07) is 0.824. The maximum Gasteiger partial charge on any atom is 0.0121 e. The molecule has 3 saturated carbocycles. The van der Waals surface area contributed by atoms with Crippen molar-refractivity contribution in [3.05, 3.63) is 0 Å². The minimum atomic E-state index is 0.824. The Kier molecular flexibility index (Phi) is 5.07. The Balaban J connectivity index is 1.58. The van der Waals surface area contributed by atoms with Crippen molar-refractivity contribution in [2.45, 2.75) is 83.6 Å². The molecule has 4 unspecified atom stereocenters. The monoisotopic (exact) mass is 277 g/mol. The Bertz CT molecular complexity index is 292. The third-order valence-corrected chi connectivity index (χ3v) is 6.99. The Labute approximate surface area is 126 Å². The van der Waals surface area contributed by atoms with Gasteiger partial charge in [0.25, 0.3) is 0 Å². The average molecular weight is 277 g/mol. The summed E-state index contributed by atoms with van der Waals surface area (Å²) >= 11 is 0. The van der Waals surface area contributed by atoms with Crippen LogP contribution in [0, 0.1) is 29.6 Å². The molecular weight excluding hydrogens is 242 g/mol. The highest BCUT2D eigenvalue weighted by atomic mass is 14.9. The van der Waals surface area contributed by atoms with Gasteiger partial charge in [0.2, 0.25) is 0 Å². The van der Waals surface area contributed by atoms with Gasteiger partial charge in [-0.05, 0) is 68.7 Å². The zero-order valence-electron chi connectivity index (χ0n) is 13.7. The first-order valence-electron chi connectivity index (χ1n) is 9.45. The molecule has 3 aliphatic rings. The first kappa shape index (κ1) is 14.9. The predicted octanol–water partition coefficient (Wildman–Crippen LogP) is 5.01. The Morgan fingerprint density at radius 3 is 2.10 bits per heavy atom. The number of nitrogens with one attached hydrogen (secondary N) is 1. The first-order valence-corrected chi connectivity index (χ1v) is 9.45. The summed E-state index contributed by atoms with van der Waals surface area (Å²) in [6.45, 7) is 2.44. The molecule has 0 bridgehead atoms. The third kappa shape index (κ3) is 3.24. The molecule has 116 valence electrons. The second kappa shape index (κ2) is 6.81. The second-order valence-electron chi connectivity index (χ2n) is 8.21. The van der Waals surface area contributed by atoms with Gasteiger partial charge in [-0.3, -0.25) is 0 Å². The summed E-state index contributed by atoms with van der Waals surface area (Å²) < 4.78 is 0. The van der Waals surface area contributed by atoms with Gasteiger partial charge in [-0.1, -0.05) is 45.4 Å². The molecule has 20 heavy (non-hydrogen) atoms. The lowest BCUT2D eigenvalue weighted by molar-refractivity contribution is 0.0838. The van der Waals surface area contributed by atoms with Crippen LogP contribution >= 0.6 is 0 Å². The van der Waals surface area contributed by atoms with E-state index in [-0.39, 0.29) is 0 Å². The van der Waals surface area contributed by atoms with Crippen LogP contribution < -0.4 is 5.32 Å². The smallest absolute Gasteiger partial charge is 0.0121 e. The molecule has 0 aromatic heterocycles. The van der Waals surface area contributed by atoms with E-state index >= 15 is 0 Å². The van der Waals surface area contributed by atoms with Crippen molar-refractivity contribution < 1.29 is 0 Å². The number of rotatable bonds is 3. The van der Waals surface area contributed by atoms with E-state index in [1.165, 1.54) is 51.4 Å². The molecule has 3 aliphatic carbocycles. The quantitative estimate of drug-likeness (QED) is 0.765. The minimum absolute atomic E-state index is 0.824. The topological polar surface area (TPSA) is 12.0 Å². The van der Waals surface area contributed by atoms with E-state index in [2.05, 4.69) is 19.3 Å². The van der Waals surface area contributed by atoms with Crippen LogP contribution in [0.5, 0.6) is 0 Å². The van der Waals surface area contributed by atoms with Gasteiger partial charge in [0.05, 0.1) is 0 Å². The van der Waals surface area contributed by atoms with Crippen LogP contribution in [-0.4, -0.2) is 13.1 Å². The molecule has 0 spiro atoms.